The number of carbonyl (C=O) groups excluding carboxylic acids is 1. The Bertz CT molecular complexity index is 549. The lowest BCUT2D eigenvalue weighted by atomic mass is 10.2. The predicted molar refractivity (Wildman–Crippen MR) is 63.6 cm³/mol. The van der Waals surface area contributed by atoms with Gasteiger partial charge in [-0.1, -0.05) is 18.2 Å². The van der Waals surface area contributed by atoms with Crippen LogP contribution < -0.4 is 0 Å². The van der Waals surface area contributed by atoms with E-state index in [-0.39, 0.29) is 12.4 Å². The summed E-state index contributed by atoms with van der Waals surface area (Å²) in [4.78, 5) is 11.6. The summed E-state index contributed by atoms with van der Waals surface area (Å²) in [5.41, 5.74) is 0.633. The van der Waals surface area contributed by atoms with Crippen LogP contribution in [0.1, 0.15) is 15.9 Å². The quantitative estimate of drug-likeness (QED) is 0.847. The molecule has 1 N–H and O–H groups in total. The first-order valence-corrected chi connectivity index (χ1v) is 5.36. The van der Waals surface area contributed by atoms with E-state index in [0.717, 1.165) is 0 Å². The second-order valence-electron chi connectivity index (χ2n) is 3.71. The zero-order chi connectivity index (χ0) is 13.0. The van der Waals surface area contributed by atoms with Crippen molar-refractivity contribution in [3.05, 3.63) is 65.5 Å². The number of ether oxygens (including phenoxy) is 1. The molecule has 18 heavy (non-hydrogen) atoms. The molecule has 2 rings (SSSR count). The minimum absolute atomic E-state index is 0.0700. The molecule has 0 unspecified atom stereocenters. The average Bonchev–Trinajstić information content (AvgIpc) is 2.38. The van der Waals surface area contributed by atoms with Gasteiger partial charge in [0.05, 0.1) is 5.56 Å². The number of hydrogen-bond donors (Lipinski definition) is 1. The standard InChI is InChI=1S/C14H11FO3/c15-13-4-2-1-3-11(13)9-18-14(17)10-5-7-12(16)8-6-10/h1-8,16H,9H2. The van der Waals surface area contributed by atoms with Crippen LogP contribution in [0.15, 0.2) is 48.5 Å². The molecular weight excluding hydrogens is 235 g/mol. The molecule has 3 nitrogen and oxygen atoms in total. The third kappa shape index (κ3) is 2.85. The van der Waals surface area contributed by atoms with Gasteiger partial charge in [0.2, 0.25) is 0 Å². The molecule has 0 atom stereocenters. The molecule has 0 aliphatic rings. The zero-order valence-corrected chi connectivity index (χ0v) is 9.47. The van der Waals surface area contributed by atoms with E-state index >= 15 is 0 Å². The summed E-state index contributed by atoms with van der Waals surface area (Å²) in [5.74, 6) is -0.894. The van der Waals surface area contributed by atoms with E-state index in [1.54, 1.807) is 18.2 Å². The third-order valence-electron chi connectivity index (χ3n) is 2.42. The monoisotopic (exact) mass is 246 g/mol. The van der Waals surface area contributed by atoms with Gasteiger partial charge in [-0.05, 0) is 30.3 Å². The van der Waals surface area contributed by atoms with Gasteiger partial charge in [-0.3, -0.25) is 0 Å². The second-order valence-corrected chi connectivity index (χ2v) is 3.71. The van der Waals surface area contributed by atoms with Crippen molar-refractivity contribution in [2.24, 2.45) is 0 Å². The fourth-order valence-corrected chi connectivity index (χ4v) is 1.44. The maximum absolute atomic E-state index is 13.3. The molecule has 0 fully saturated rings. The van der Waals surface area contributed by atoms with Crippen molar-refractivity contribution in [1.82, 2.24) is 0 Å². The summed E-state index contributed by atoms with van der Waals surface area (Å²) in [6.07, 6.45) is 0. The summed E-state index contributed by atoms with van der Waals surface area (Å²) in [6, 6.07) is 11.8. The number of benzene rings is 2. The molecule has 0 aliphatic carbocycles. The highest BCUT2D eigenvalue weighted by Gasteiger charge is 2.08. The average molecular weight is 246 g/mol. The van der Waals surface area contributed by atoms with Crippen LogP contribution in [-0.2, 0) is 11.3 Å². The van der Waals surface area contributed by atoms with Gasteiger partial charge in [-0.2, -0.15) is 0 Å². The summed E-state index contributed by atoms with van der Waals surface area (Å²) in [7, 11) is 0. The first-order chi connectivity index (χ1) is 8.66. The van der Waals surface area contributed by atoms with Crippen LogP contribution in [0.3, 0.4) is 0 Å². The van der Waals surface area contributed by atoms with Crippen LogP contribution in [-0.4, -0.2) is 11.1 Å². The van der Waals surface area contributed by atoms with Gasteiger partial charge >= 0.3 is 5.97 Å². The number of carbonyl (C=O) groups is 1. The summed E-state index contributed by atoms with van der Waals surface area (Å²) in [6.45, 7) is -0.119. The Morgan fingerprint density at radius 1 is 1.11 bits per heavy atom. The van der Waals surface area contributed by atoms with E-state index in [2.05, 4.69) is 0 Å². The zero-order valence-electron chi connectivity index (χ0n) is 9.47. The molecule has 92 valence electrons. The number of aromatic hydroxyl groups is 1. The van der Waals surface area contributed by atoms with Crippen molar-refractivity contribution in [3.63, 3.8) is 0 Å². The lowest BCUT2D eigenvalue weighted by molar-refractivity contribution is 0.0469. The third-order valence-corrected chi connectivity index (χ3v) is 2.42. The number of halogens is 1. The van der Waals surface area contributed by atoms with Crippen molar-refractivity contribution in [1.29, 1.82) is 0 Å². The molecule has 0 spiro atoms. The minimum Gasteiger partial charge on any atom is -0.508 e. The molecule has 0 aliphatic heterocycles. The summed E-state index contributed by atoms with van der Waals surface area (Å²) >= 11 is 0. The smallest absolute Gasteiger partial charge is 0.338 e. The first-order valence-electron chi connectivity index (χ1n) is 5.36. The Morgan fingerprint density at radius 2 is 1.78 bits per heavy atom. The molecule has 2 aromatic rings. The molecule has 0 amide bonds. The van der Waals surface area contributed by atoms with Crippen molar-refractivity contribution in [2.45, 2.75) is 6.61 Å². The van der Waals surface area contributed by atoms with Crippen LogP contribution in [0, 0.1) is 5.82 Å². The van der Waals surface area contributed by atoms with Crippen LogP contribution >= 0.6 is 0 Å². The Labute approximate surface area is 103 Å². The van der Waals surface area contributed by atoms with E-state index in [1.165, 1.54) is 30.3 Å². The molecule has 0 heterocycles. The Morgan fingerprint density at radius 3 is 2.44 bits per heavy atom. The van der Waals surface area contributed by atoms with Gasteiger partial charge in [0, 0.05) is 5.56 Å². The summed E-state index contributed by atoms with van der Waals surface area (Å²) < 4.78 is 18.2. The fraction of sp³-hybridized carbons (Fsp3) is 0.0714. The number of phenols is 1. The van der Waals surface area contributed by atoms with Crippen molar-refractivity contribution >= 4 is 5.97 Å². The van der Waals surface area contributed by atoms with E-state index in [4.69, 9.17) is 9.84 Å². The highest BCUT2D eigenvalue weighted by molar-refractivity contribution is 5.89. The molecule has 0 saturated heterocycles. The fourth-order valence-electron chi connectivity index (χ4n) is 1.44. The molecule has 4 heteroatoms. The van der Waals surface area contributed by atoms with Gasteiger partial charge in [0.25, 0.3) is 0 Å². The predicted octanol–water partition coefficient (Wildman–Crippen LogP) is 2.89. The Hall–Kier alpha value is -2.36. The molecule has 0 aromatic heterocycles. The van der Waals surface area contributed by atoms with Gasteiger partial charge in [-0.25, -0.2) is 9.18 Å². The van der Waals surface area contributed by atoms with Gasteiger partial charge in [0.15, 0.2) is 0 Å². The number of esters is 1. The van der Waals surface area contributed by atoms with Gasteiger partial charge in [0.1, 0.15) is 18.2 Å². The van der Waals surface area contributed by atoms with Gasteiger partial charge < -0.3 is 9.84 Å². The van der Waals surface area contributed by atoms with E-state index in [0.29, 0.717) is 11.1 Å². The van der Waals surface area contributed by atoms with E-state index in [1.807, 2.05) is 0 Å². The normalized spacial score (nSPS) is 10.1. The lowest BCUT2D eigenvalue weighted by Crippen LogP contribution is -2.05. The molecule has 0 radical (unpaired) electrons. The molecule has 0 bridgehead atoms. The largest absolute Gasteiger partial charge is 0.508 e. The Balaban J connectivity index is 2.01. The van der Waals surface area contributed by atoms with Crippen LogP contribution in [0.4, 0.5) is 4.39 Å². The van der Waals surface area contributed by atoms with Gasteiger partial charge in [-0.15, -0.1) is 0 Å². The van der Waals surface area contributed by atoms with Crippen LogP contribution in [0.25, 0.3) is 0 Å². The summed E-state index contributed by atoms with van der Waals surface area (Å²) in [5, 5.41) is 9.08. The molecule has 2 aromatic carbocycles. The number of rotatable bonds is 3. The number of phenolic OH excluding ortho intramolecular Hbond substituents is 1. The van der Waals surface area contributed by atoms with Crippen molar-refractivity contribution in [3.8, 4) is 5.75 Å². The van der Waals surface area contributed by atoms with Crippen LogP contribution in [0.5, 0.6) is 5.75 Å². The second kappa shape index (κ2) is 5.31. The minimum atomic E-state index is -0.557. The SMILES string of the molecule is O=C(OCc1ccccc1F)c1ccc(O)cc1. The molecule has 0 saturated carbocycles. The highest BCUT2D eigenvalue weighted by Crippen LogP contribution is 2.12. The van der Waals surface area contributed by atoms with Crippen molar-refractivity contribution in [2.75, 3.05) is 0 Å². The topological polar surface area (TPSA) is 46.5 Å². The Kier molecular flexibility index (Phi) is 3.57. The highest BCUT2D eigenvalue weighted by atomic mass is 19.1. The van der Waals surface area contributed by atoms with E-state index in [9.17, 15) is 9.18 Å². The van der Waals surface area contributed by atoms with Crippen LogP contribution in [0.2, 0.25) is 0 Å². The van der Waals surface area contributed by atoms with Crippen molar-refractivity contribution < 1.29 is 19.0 Å². The maximum Gasteiger partial charge on any atom is 0.338 e. The molecular formula is C14H11FO3. The maximum atomic E-state index is 13.3. The lowest BCUT2D eigenvalue weighted by Gasteiger charge is -2.05. The number of hydrogen-bond acceptors (Lipinski definition) is 3. The first kappa shape index (κ1) is 12.1. The van der Waals surface area contributed by atoms with E-state index < -0.39 is 11.8 Å².